The van der Waals surface area contributed by atoms with Crippen LogP contribution in [0, 0.1) is 5.82 Å². The summed E-state index contributed by atoms with van der Waals surface area (Å²) in [6, 6.07) is 16.0. The number of fused-ring (bicyclic) bond motifs is 1. The normalized spacial score (nSPS) is 10.9. The molecule has 1 amide bonds. The largest absolute Gasteiger partial charge is 0.506 e. The number of carbonyl (C=O) groups is 1. The van der Waals surface area contributed by atoms with Crippen LogP contribution < -0.4 is 10.9 Å². The molecule has 0 aliphatic carbocycles. The number of hydrogen-bond acceptors (Lipinski definition) is 4. The minimum absolute atomic E-state index is 0.163. The molecular weight excluding hydrogens is 409 g/mol. The van der Waals surface area contributed by atoms with Crippen LogP contribution in [0.2, 0.25) is 5.02 Å². The Kier molecular flexibility index (Phi) is 5.20. The lowest BCUT2D eigenvalue weighted by Gasteiger charge is -2.14. The van der Waals surface area contributed by atoms with Crippen molar-refractivity contribution in [2.24, 2.45) is 0 Å². The lowest BCUT2D eigenvalue weighted by atomic mass is 10.1. The highest BCUT2D eigenvalue weighted by atomic mass is 35.5. The van der Waals surface area contributed by atoms with Gasteiger partial charge in [0.1, 0.15) is 22.8 Å². The number of nitrogens with one attached hydrogen (secondary N) is 1. The fraction of sp³-hybridized carbons (Fsp3) is 0.0455. The Hall–Kier alpha value is -3.71. The average molecular weight is 424 g/mol. The molecule has 8 heteroatoms. The number of aromatic nitrogens is 2. The lowest BCUT2D eigenvalue weighted by molar-refractivity contribution is 0.102. The molecule has 0 saturated heterocycles. The molecule has 2 heterocycles. The zero-order valence-corrected chi connectivity index (χ0v) is 16.2. The highest BCUT2D eigenvalue weighted by molar-refractivity contribution is 6.31. The first-order chi connectivity index (χ1) is 14.5. The summed E-state index contributed by atoms with van der Waals surface area (Å²) in [5.74, 6) is -1.95. The number of nitrogens with zero attached hydrogens (tertiary/aromatic N) is 2. The van der Waals surface area contributed by atoms with Crippen molar-refractivity contribution >= 4 is 34.2 Å². The van der Waals surface area contributed by atoms with Crippen molar-refractivity contribution in [2.45, 2.75) is 6.54 Å². The van der Waals surface area contributed by atoms with E-state index < -0.39 is 28.6 Å². The maximum Gasteiger partial charge on any atom is 0.269 e. The second-order valence-electron chi connectivity index (χ2n) is 6.56. The van der Waals surface area contributed by atoms with Crippen LogP contribution in [0.15, 0.2) is 71.7 Å². The second-order valence-corrected chi connectivity index (χ2v) is 6.97. The molecule has 30 heavy (non-hydrogen) atoms. The molecule has 0 spiro atoms. The van der Waals surface area contributed by atoms with Gasteiger partial charge in [-0.3, -0.25) is 14.2 Å². The zero-order chi connectivity index (χ0) is 21.3. The highest BCUT2D eigenvalue weighted by Gasteiger charge is 2.23. The zero-order valence-electron chi connectivity index (χ0n) is 15.5. The summed E-state index contributed by atoms with van der Waals surface area (Å²) in [6.45, 7) is 0.163. The summed E-state index contributed by atoms with van der Waals surface area (Å²) in [5, 5.41) is 13.2. The third kappa shape index (κ3) is 3.62. The summed E-state index contributed by atoms with van der Waals surface area (Å²) in [5.41, 5.74) is 0.130. The van der Waals surface area contributed by atoms with Gasteiger partial charge in [0.25, 0.3) is 11.5 Å². The van der Waals surface area contributed by atoms with Crippen LogP contribution in [-0.2, 0) is 6.54 Å². The molecule has 0 atom stereocenters. The fourth-order valence-electron chi connectivity index (χ4n) is 3.15. The molecule has 0 aliphatic rings. The molecule has 0 saturated carbocycles. The molecule has 4 rings (SSSR count). The van der Waals surface area contributed by atoms with Crippen molar-refractivity contribution in [3.05, 3.63) is 99.2 Å². The topological polar surface area (TPSA) is 84.2 Å². The van der Waals surface area contributed by atoms with Gasteiger partial charge in [0.05, 0.1) is 17.0 Å². The quantitative estimate of drug-likeness (QED) is 0.515. The maximum absolute atomic E-state index is 13.4. The fourth-order valence-corrected chi connectivity index (χ4v) is 3.33. The number of hydrogen-bond donors (Lipinski definition) is 2. The number of anilines is 1. The summed E-state index contributed by atoms with van der Waals surface area (Å²) in [7, 11) is 0. The van der Waals surface area contributed by atoms with Crippen molar-refractivity contribution in [3.63, 3.8) is 0 Å². The van der Waals surface area contributed by atoms with Crippen LogP contribution in [0.3, 0.4) is 0 Å². The standard InChI is InChI=1S/C22H15ClFN3O3/c23-16-11-14(8-9-17(16)24)26-21(29)18-19(28)15-7-4-10-25-20(15)27(22(18)30)12-13-5-2-1-3-6-13/h1-11,28H,12H2,(H,26,29). The van der Waals surface area contributed by atoms with Crippen LogP contribution in [0.1, 0.15) is 15.9 Å². The maximum atomic E-state index is 13.4. The van der Waals surface area contributed by atoms with Crippen molar-refractivity contribution < 1.29 is 14.3 Å². The number of rotatable bonds is 4. The molecule has 0 fully saturated rings. The van der Waals surface area contributed by atoms with Crippen molar-refractivity contribution in [2.75, 3.05) is 5.32 Å². The van der Waals surface area contributed by atoms with E-state index in [1.54, 1.807) is 12.1 Å². The summed E-state index contributed by atoms with van der Waals surface area (Å²) in [6.07, 6.45) is 1.50. The lowest BCUT2D eigenvalue weighted by Crippen LogP contribution is -2.30. The molecule has 0 radical (unpaired) electrons. The Morgan fingerprint density at radius 3 is 2.63 bits per heavy atom. The van der Waals surface area contributed by atoms with E-state index in [9.17, 15) is 19.1 Å². The van der Waals surface area contributed by atoms with Gasteiger partial charge in [-0.25, -0.2) is 9.37 Å². The first-order valence-electron chi connectivity index (χ1n) is 8.96. The van der Waals surface area contributed by atoms with Gasteiger partial charge in [0, 0.05) is 11.9 Å². The van der Waals surface area contributed by atoms with Crippen LogP contribution in [0.5, 0.6) is 5.75 Å². The summed E-state index contributed by atoms with van der Waals surface area (Å²) < 4.78 is 14.7. The minimum atomic E-state index is -0.840. The monoisotopic (exact) mass is 423 g/mol. The van der Waals surface area contributed by atoms with Crippen molar-refractivity contribution in [1.82, 2.24) is 9.55 Å². The molecule has 2 aromatic heterocycles. The number of aromatic hydroxyl groups is 1. The first-order valence-corrected chi connectivity index (χ1v) is 9.34. The first kappa shape index (κ1) is 19.6. The van der Waals surface area contributed by atoms with Gasteiger partial charge in [0.2, 0.25) is 0 Å². The Labute approximate surface area is 175 Å². The van der Waals surface area contributed by atoms with E-state index in [4.69, 9.17) is 11.6 Å². The number of halogens is 2. The molecule has 2 N–H and O–H groups in total. The van der Waals surface area contributed by atoms with Gasteiger partial charge in [-0.15, -0.1) is 0 Å². The van der Waals surface area contributed by atoms with Crippen LogP contribution in [-0.4, -0.2) is 20.6 Å². The molecule has 6 nitrogen and oxygen atoms in total. The average Bonchev–Trinajstić information content (AvgIpc) is 2.74. The third-order valence-corrected chi connectivity index (χ3v) is 4.87. The summed E-state index contributed by atoms with van der Waals surface area (Å²) in [4.78, 5) is 30.3. The number of benzene rings is 2. The van der Waals surface area contributed by atoms with E-state index >= 15 is 0 Å². The van der Waals surface area contributed by atoms with E-state index in [2.05, 4.69) is 10.3 Å². The van der Waals surface area contributed by atoms with Gasteiger partial charge >= 0.3 is 0 Å². The summed E-state index contributed by atoms with van der Waals surface area (Å²) >= 11 is 5.75. The number of carbonyl (C=O) groups excluding carboxylic acids is 1. The van der Waals surface area contributed by atoms with Crippen molar-refractivity contribution in [1.29, 1.82) is 0 Å². The minimum Gasteiger partial charge on any atom is -0.506 e. The van der Waals surface area contributed by atoms with Crippen LogP contribution in [0.25, 0.3) is 11.0 Å². The van der Waals surface area contributed by atoms with Crippen LogP contribution in [0.4, 0.5) is 10.1 Å². The second kappa shape index (κ2) is 7.96. The Morgan fingerprint density at radius 1 is 1.13 bits per heavy atom. The predicted molar refractivity (Wildman–Crippen MR) is 113 cm³/mol. The van der Waals surface area contributed by atoms with Crippen LogP contribution >= 0.6 is 11.6 Å². The van der Waals surface area contributed by atoms with Gasteiger partial charge in [0.15, 0.2) is 0 Å². The molecule has 0 bridgehead atoms. The van der Waals surface area contributed by atoms with E-state index in [1.165, 1.54) is 22.9 Å². The number of pyridine rings is 2. The highest BCUT2D eigenvalue weighted by Crippen LogP contribution is 2.27. The molecule has 2 aromatic carbocycles. The van der Waals surface area contributed by atoms with E-state index in [0.717, 1.165) is 11.6 Å². The molecular formula is C22H15ClFN3O3. The smallest absolute Gasteiger partial charge is 0.269 e. The Balaban J connectivity index is 1.84. The Morgan fingerprint density at radius 2 is 1.90 bits per heavy atom. The van der Waals surface area contributed by atoms with E-state index in [1.807, 2.05) is 30.3 Å². The predicted octanol–water partition coefficient (Wildman–Crippen LogP) is 4.20. The van der Waals surface area contributed by atoms with Crippen molar-refractivity contribution in [3.8, 4) is 5.75 Å². The van der Waals surface area contributed by atoms with E-state index in [0.29, 0.717) is 0 Å². The Bertz CT molecular complexity index is 1320. The van der Waals surface area contributed by atoms with Gasteiger partial charge in [-0.1, -0.05) is 41.9 Å². The van der Waals surface area contributed by atoms with Gasteiger partial charge in [-0.05, 0) is 35.9 Å². The van der Waals surface area contributed by atoms with Gasteiger partial charge in [-0.2, -0.15) is 0 Å². The molecule has 4 aromatic rings. The van der Waals surface area contributed by atoms with E-state index in [-0.39, 0.29) is 28.3 Å². The molecule has 150 valence electrons. The molecule has 0 unspecified atom stereocenters. The third-order valence-electron chi connectivity index (χ3n) is 4.58. The molecule has 0 aliphatic heterocycles. The SMILES string of the molecule is O=C(Nc1ccc(F)c(Cl)c1)c1c(O)c2cccnc2n(Cc2ccccc2)c1=O. The van der Waals surface area contributed by atoms with Gasteiger partial charge < -0.3 is 10.4 Å². The number of amides is 1.